The molecular formula is C24H33ClN2O2. The number of halogens is 1. The molecule has 0 aliphatic carbocycles. The summed E-state index contributed by atoms with van der Waals surface area (Å²) in [6.07, 6.45) is 0. The van der Waals surface area contributed by atoms with Crippen molar-refractivity contribution in [2.24, 2.45) is 0 Å². The van der Waals surface area contributed by atoms with Crippen LogP contribution in [0.4, 0.5) is 0 Å². The second-order valence-electron chi connectivity index (χ2n) is 8.13. The van der Waals surface area contributed by atoms with E-state index in [0.29, 0.717) is 17.3 Å². The van der Waals surface area contributed by atoms with Crippen LogP contribution in [-0.2, 0) is 10.2 Å². The van der Waals surface area contributed by atoms with Crippen LogP contribution in [0.2, 0.25) is 5.02 Å². The maximum absolute atomic E-state index is 12.4. The summed E-state index contributed by atoms with van der Waals surface area (Å²) in [4.78, 5) is 14.7. The van der Waals surface area contributed by atoms with Crippen molar-refractivity contribution >= 4 is 17.5 Å². The van der Waals surface area contributed by atoms with Gasteiger partial charge in [-0.05, 0) is 41.8 Å². The molecule has 1 amide bonds. The summed E-state index contributed by atoms with van der Waals surface area (Å²) in [5.74, 6) is 0.357. The molecule has 0 bridgehead atoms. The third-order valence-corrected chi connectivity index (χ3v) is 5.41. The highest BCUT2D eigenvalue weighted by Crippen LogP contribution is 2.26. The number of likely N-dealkylation sites (N-methyl/N-ethyl adjacent to an activating group) is 1. The van der Waals surface area contributed by atoms with Crippen LogP contribution in [-0.4, -0.2) is 37.0 Å². The lowest BCUT2D eigenvalue weighted by Crippen LogP contribution is -2.39. The van der Waals surface area contributed by atoms with E-state index in [1.165, 1.54) is 11.1 Å². The first-order chi connectivity index (χ1) is 13.8. The summed E-state index contributed by atoms with van der Waals surface area (Å²) in [7, 11) is 0. The predicted molar refractivity (Wildman–Crippen MR) is 121 cm³/mol. The number of benzene rings is 2. The van der Waals surface area contributed by atoms with Crippen molar-refractivity contribution in [3.05, 3.63) is 64.7 Å². The fourth-order valence-electron chi connectivity index (χ4n) is 3.29. The first-order valence-corrected chi connectivity index (χ1v) is 10.6. The zero-order chi connectivity index (χ0) is 21.4. The van der Waals surface area contributed by atoms with Gasteiger partial charge in [-0.25, -0.2) is 0 Å². The molecule has 0 aliphatic rings. The number of ether oxygens (including phenoxy) is 1. The maximum atomic E-state index is 12.4. The summed E-state index contributed by atoms with van der Waals surface area (Å²) >= 11 is 6.08. The number of hydrogen-bond donors (Lipinski definition) is 1. The molecule has 0 aromatic heterocycles. The molecule has 2 rings (SSSR count). The number of rotatable bonds is 9. The standard InChI is InChI=1S/C24H33ClN2O2/c1-6-27(7-2)21(18-12-14-19(15-13-18)24(3,4)5)16-26-23(28)17-29-22-11-9-8-10-20(22)25/h8-15,21H,6-7,16-17H2,1-5H3,(H,26,28)/t21-/m0/s1. The molecule has 29 heavy (non-hydrogen) atoms. The van der Waals surface area contributed by atoms with Gasteiger partial charge in [0.25, 0.3) is 5.91 Å². The number of para-hydroxylation sites is 1. The minimum Gasteiger partial charge on any atom is -0.482 e. The van der Waals surface area contributed by atoms with E-state index in [1.54, 1.807) is 12.1 Å². The van der Waals surface area contributed by atoms with Gasteiger partial charge in [0.2, 0.25) is 0 Å². The number of carbonyl (C=O) groups excluding carboxylic acids is 1. The summed E-state index contributed by atoms with van der Waals surface area (Å²) < 4.78 is 5.55. The highest BCUT2D eigenvalue weighted by atomic mass is 35.5. The van der Waals surface area contributed by atoms with E-state index >= 15 is 0 Å². The van der Waals surface area contributed by atoms with Gasteiger partial charge in [-0.15, -0.1) is 0 Å². The van der Waals surface area contributed by atoms with Crippen LogP contribution in [0.25, 0.3) is 0 Å². The number of carbonyl (C=O) groups is 1. The highest BCUT2D eigenvalue weighted by Gasteiger charge is 2.20. The van der Waals surface area contributed by atoms with Crippen LogP contribution in [0.3, 0.4) is 0 Å². The Balaban J connectivity index is 2.03. The van der Waals surface area contributed by atoms with Crippen LogP contribution >= 0.6 is 11.6 Å². The molecular weight excluding hydrogens is 384 g/mol. The molecule has 4 nitrogen and oxygen atoms in total. The van der Waals surface area contributed by atoms with Crippen molar-refractivity contribution in [1.29, 1.82) is 0 Å². The summed E-state index contributed by atoms with van der Waals surface area (Å²) in [5, 5.41) is 3.52. The Hall–Kier alpha value is -2.04. The molecule has 0 fully saturated rings. The molecule has 0 unspecified atom stereocenters. The van der Waals surface area contributed by atoms with Gasteiger partial charge in [-0.2, -0.15) is 0 Å². The second-order valence-corrected chi connectivity index (χ2v) is 8.54. The minimum atomic E-state index is -0.159. The van der Waals surface area contributed by atoms with Crippen molar-refractivity contribution < 1.29 is 9.53 Å². The lowest BCUT2D eigenvalue weighted by atomic mass is 9.86. The van der Waals surface area contributed by atoms with E-state index in [0.717, 1.165) is 13.1 Å². The van der Waals surface area contributed by atoms with Crippen LogP contribution in [0, 0.1) is 0 Å². The largest absolute Gasteiger partial charge is 0.482 e. The quantitative estimate of drug-likeness (QED) is 0.609. The monoisotopic (exact) mass is 416 g/mol. The summed E-state index contributed by atoms with van der Waals surface area (Å²) in [5.41, 5.74) is 2.62. The van der Waals surface area contributed by atoms with Gasteiger partial charge in [-0.3, -0.25) is 9.69 Å². The number of nitrogens with one attached hydrogen (secondary N) is 1. The van der Waals surface area contributed by atoms with E-state index in [9.17, 15) is 4.79 Å². The van der Waals surface area contributed by atoms with E-state index in [1.807, 2.05) is 12.1 Å². The van der Waals surface area contributed by atoms with Gasteiger partial charge >= 0.3 is 0 Å². The Morgan fingerprint density at radius 1 is 1.07 bits per heavy atom. The molecule has 2 aromatic rings. The van der Waals surface area contributed by atoms with E-state index in [4.69, 9.17) is 16.3 Å². The topological polar surface area (TPSA) is 41.6 Å². The fourth-order valence-corrected chi connectivity index (χ4v) is 3.48. The zero-order valence-corrected chi connectivity index (χ0v) is 18.9. The molecule has 1 N–H and O–H groups in total. The zero-order valence-electron chi connectivity index (χ0n) is 18.2. The van der Waals surface area contributed by atoms with Gasteiger partial charge in [-0.1, -0.05) is 82.6 Å². The van der Waals surface area contributed by atoms with Crippen molar-refractivity contribution in [2.75, 3.05) is 26.2 Å². The minimum absolute atomic E-state index is 0.0579. The predicted octanol–water partition coefficient (Wildman–Crippen LogP) is 5.22. The third kappa shape index (κ3) is 6.76. The van der Waals surface area contributed by atoms with Gasteiger partial charge in [0, 0.05) is 6.54 Å². The van der Waals surface area contributed by atoms with E-state index < -0.39 is 0 Å². The van der Waals surface area contributed by atoms with Gasteiger partial charge in [0.1, 0.15) is 5.75 Å². The Kier molecular flexibility index (Phi) is 8.54. The molecule has 0 radical (unpaired) electrons. The molecule has 0 heterocycles. The Bertz CT molecular complexity index is 780. The van der Waals surface area contributed by atoms with Crippen LogP contribution in [0.5, 0.6) is 5.75 Å². The molecule has 0 saturated carbocycles. The van der Waals surface area contributed by atoms with Crippen molar-refractivity contribution in [3.8, 4) is 5.75 Å². The number of amides is 1. The Morgan fingerprint density at radius 2 is 1.69 bits per heavy atom. The molecule has 0 aliphatic heterocycles. The van der Waals surface area contributed by atoms with Gasteiger partial charge in [0.15, 0.2) is 6.61 Å². The van der Waals surface area contributed by atoms with Crippen LogP contribution in [0.1, 0.15) is 51.8 Å². The SMILES string of the molecule is CCN(CC)[C@@H](CNC(=O)COc1ccccc1Cl)c1ccc(C(C)(C)C)cc1. The fraction of sp³-hybridized carbons (Fsp3) is 0.458. The van der Waals surface area contributed by atoms with Crippen LogP contribution in [0.15, 0.2) is 48.5 Å². The molecule has 2 aromatic carbocycles. The summed E-state index contributed by atoms with van der Waals surface area (Å²) in [6.45, 7) is 13.2. The van der Waals surface area contributed by atoms with Crippen molar-refractivity contribution in [3.63, 3.8) is 0 Å². The van der Waals surface area contributed by atoms with E-state index in [2.05, 4.69) is 69.1 Å². The second kappa shape index (κ2) is 10.7. The molecule has 5 heteroatoms. The van der Waals surface area contributed by atoms with Crippen molar-refractivity contribution in [1.82, 2.24) is 10.2 Å². The smallest absolute Gasteiger partial charge is 0.258 e. The average Bonchev–Trinajstić information content (AvgIpc) is 2.70. The van der Waals surface area contributed by atoms with Gasteiger partial charge < -0.3 is 10.1 Å². The molecule has 158 valence electrons. The number of nitrogens with zero attached hydrogens (tertiary/aromatic N) is 1. The Morgan fingerprint density at radius 3 is 2.24 bits per heavy atom. The lowest BCUT2D eigenvalue weighted by molar-refractivity contribution is -0.123. The summed E-state index contributed by atoms with van der Waals surface area (Å²) in [6, 6.07) is 16.0. The maximum Gasteiger partial charge on any atom is 0.258 e. The van der Waals surface area contributed by atoms with Crippen LogP contribution < -0.4 is 10.1 Å². The molecule has 1 atom stereocenters. The molecule has 0 spiro atoms. The van der Waals surface area contributed by atoms with Gasteiger partial charge in [0.05, 0.1) is 11.1 Å². The molecule has 0 saturated heterocycles. The Labute approximate surface area is 180 Å². The lowest BCUT2D eigenvalue weighted by Gasteiger charge is -2.31. The first kappa shape index (κ1) is 23.2. The van der Waals surface area contributed by atoms with Crippen molar-refractivity contribution in [2.45, 2.75) is 46.1 Å². The highest BCUT2D eigenvalue weighted by molar-refractivity contribution is 6.32. The normalized spacial score (nSPS) is 12.7. The van der Waals surface area contributed by atoms with E-state index in [-0.39, 0.29) is 24.0 Å². The average molecular weight is 417 g/mol. The first-order valence-electron chi connectivity index (χ1n) is 10.2. The number of hydrogen-bond acceptors (Lipinski definition) is 3. The third-order valence-electron chi connectivity index (χ3n) is 5.10.